The number of hydrogen-bond donors (Lipinski definition) is 0. The second-order valence-corrected chi connectivity index (χ2v) is 5.91. The van der Waals surface area contributed by atoms with Crippen molar-refractivity contribution in [3.63, 3.8) is 0 Å². The summed E-state index contributed by atoms with van der Waals surface area (Å²) < 4.78 is 16.7. The van der Waals surface area contributed by atoms with Gasteiger partial charge in [-0.2, -0.15) is 0 Å². The van der Waals surface area contributed by atoms with Crippen molar-refractivity contribution >= 4 is 5.97 Å². The van der Waals surface area contributed by atoms with E-state index in [-0.39, 0.29) is 18.0 Å². The van der Waals surface area contributed by atoms with Gasteiger partial charge in [0.15, 0.2) is 0 Å². The molecule has 1 heterocycles. The van der Waals surface area contributed by atoms with Crippen LogP contribution in [-0.4, -0.2) is 50.2 Å². The van der Waals surface area contributed by atoms with E-state index in [1.807, 2.05) is 6.92 Å². The Morgan fingerprint density at radius 1 is 1.10 bits per heavy atom. The number of likely N-dealkylation sites (tertiary alicyclic amines) is 1. The van der Waals surface area contributed by atoms with Crippen LogP contribution in [0.25, 0.3) is 0 Å². The van der Waals surface area contributed by atoms with Crippen molar-refractivity contribution in [2.24, 2.45) is 5.92 Å². The molecule has 0 N–H and O–H groups in total. The first-order valence-electron chi connectivity index (χ1n) is 7.65. The number of rotatable bonds is 5. The highest BCUT2D eigenvalue weighted by Crippen LogP contribution is 2.32. The molecular weight excluding hydrogens is 258 g/mol. The van der Waals surface area contributed by atoms with Gasteiger partial charge in [0.1, 0.15) is 0 Å². The van der Waals surface area contributed by atoms with Gasteiger partial charge < -0.3 is 14.2 Å². The molecular formula is C15H27NO4. The summed E-state index contributed by atoms with van der Waals surface area (Å²) in [5, 5.41) is 0. The molecule has 2 fully saturated rings. The van der Waals surface area contributed by atoms with Crippen LogP contribution in [-0.2, 0) is 19.0 Å². The Hall–Kier alpha value is -0.650. The van der Waals surface area contributed by atoms with Gasteiger partial charge in [-0.05, 0) is 38.5 Å². The summed E-state index contributed by atoms with van der Waals surface area (Å²) in [6.07, 6.45) is 6.06. The Bertz CT molecular complexity index is 322. The molecule has 0 amide bonds. The minimum Gasteiger partial charge on any atom is -0.469 e. The smallest absolute Gasteiger partial charge is 0.308 e. The molecule has 20 heavy (non-hydrogen) atoms. The molecule has 1 atom stereocenters. The van der Waals surface area contributed by atoms with Crippen LogP contribution in [0.2, 0.25) is 0 Å². The lowest BCUT2D eigenvalue weighted by Crippen LogP contribution is -2.51. The fourth-order valence-electron chi connectivity index (χ4n) is 3.27. The second kappa shape index (κ2) is 6.87. The first kappa shape index (κ1) is 15.7. The predicted molar refractivity (Wildman–Crippen MR) is 75.1 cm³/mol. The van der Waals surface area contributed by atoms with Gasteiger partial charge in [0, 0.05) is 27.1 Å². The van der Waals surface area contributed by atoms with Gasteiger partial charge in [-0.15, -0.1) is 0 Å². The number of carbonyl (C=O) groups excluding carboxylic acids is 1. The summed E-state index contributed by atoms with van der Waals surface area (Å²) in [5.74, 6) is -0.669. The lowest BCUT2D eigenvalue weighted by molar-refractivity contribution is -0.312. The Balaban J connectivity index is 1.85. The van der Waals surface area contributed by atoms with E-state index in [4.69, 9.17) is 14.2 Å². The average molecular weight is 285 g/mol. The van der Waals surface area contributed by atoms with E-state index in [9.17, 15) is 4.79 Å². The van der Waals surface area contributed by atoms with Gasteiger partial charge in [-0.25, -0.2) is 0 Å². The van der Waals surface area contributed by atoms with Crippen molar-refractivity contribution in [1.29, 1.82) is 0 Å². The average Bonchev–Trinajstić information content (AvgIpc) is 3.02. The van der Waals surface area contributed by atoms with Crippen LogP contribution >= 0.6 is 0 Å². The standard InChI is InChI=1S/C15H27NO4/c1-15(19-3,16-10-4-5-11-16)20-13-8-6-12(7-9-13)14(17)18-2/h12-13H,4-11H2,1-3H3. The Labute approximate surface area is 121 Å². The topological polar surface area (TPSA) is 48.0 Å². The Morgan fingerprint density at radius 3 is 2.20 bits per heavy atom. The molecule has 116 valence electrons. The normalized spacial score (nSPS) is 30.9. The zero-order valence-corrected chi connectivity index (χ0v) is 12.9. The largest absolute Gasteiger partial charge is 0.469 e. The van der Waals surface area contributed by atoms with E-state index in [2.05, 4.69) is 4.90 Å². The molecule has 1 saturated carbocycles. The first-order valence-corrected chi connectivity index (χ1v) is 7.65. The molecule has 1 unspecified atom stereocenters. The van der Waals surface area contributed by atoms with Crippen molar-refractivity contribution in [3.05, 3.63) is 0 Å². The minimum absolute atomic E-state index is 0.0421. The molecule has 5 heteroatoms. The third kappa shape index (κ3) is 3.51. The van der Waals surface area contributed by atoms with Crippen LogP contribution in [0.3, 0.4) is 0 Å². The van der Waals surface area contributed by atoms with Gasteiger partial charge in [0.25, 0.3) is 0 Å². The predicted octanol–water partition coefficient (Wildman–Crippen LogP) is 2.15. The van der Waals surface area contributed by atoms with Crippen molar-refractivity contribution in [3.8, 4) is 0 Å². The number of esters is 1. The van der Waals surface area contributed by atoms with E-state index >= 15 is 0 Å². The SMILES string of the molecule is COC(=O)C1CCC(OC(C)(OC)N2CCCC2)CC1. The monoisotopic (exact) mass is 285 g/mol. The summed E-state index contributed by atoms with van der Waals surface area (Å²) in [7, 11) is 3.17. The van der Waals surface area contributed by atoms with Crippen LogP contribution in [0.4, 0.5) is 0 Å². The minimum atomic E-state index is -0.626. The zero-order chi connectivity index (χ0) is 14.6. The molecule has 1 aliphatic carbocycles. The summed E-state index contributed by atoms with van der Waals surface area (Å²) in [4.78, 5) is 13.8. The molecule has 0 aromatic carbocycles. The molecule has 1 aliphatic heterocycles. The third-order valence-electron chi connectivity index (χ3n) is 4.65. The zero-order valence-electron chi connectivity index (χ0n) is 12.9. The molecule has 2 rings (SSSR count). The van der Waals surface area contributed by atoms with Gasteiger partial charge in [-0.3, -0.25) is 9.69 Å². The molecule has 0 aromatic heterocycles. The Kier molecular flexibility index (Phi) is 5.41. The van der Waals surface area contributed by atoms with Gasteiger partial charge in [0.05, 0.1) is 19.1 Å². The lowest BCUT2D eigenvalue weighted by Gasteiger charge is -2.41. The molecule has 2 aliphatic rings. The van der Waals surface area contributed by atoms with Gasteiger partial charge in [0.2, 0.25) is 5.91 Å². The maximum Gasteiger partial charge on any atom is 0.308 e. The maximum absolute atomic E-state index is 11.5. The maximum atomic E-state index is 11.5. The number of hydrogen-bond acceptors (Lipinski definition) is 5. The van der Waals surface area contributed by atoms with E-state index in [0.29, 0.717) is 0 Å². The van der Waals surface area contributed by atoms with Crippen molar-refractivity contribution in [2.75, 3.05) is 27.3 Å². The number of nitrogens with zero attached hydrogens (tertiary/aromatic N) is 1. The summed E-state index contributed by atoms with van der Waals surface area (Å²) >= 11 is 0. The van der Waals surface area contributed by atoms with Crippen LogP contribution in [0.5, 0.6) is 0 Å². The van der Waals surface area contributed by atoms with Crippen molar-refractivity contribution in [1.82, 2.24) is 4.90 Å². The van der Waals surface area contributed by atoms with E-state index in [0.717, 1.165) is 38.8 Å². The molecule has 0 spiro atoms. The molecule has 0 radical (unpaired) electrons. The van der Waals surface area contributed by atoms with Gasteiger partial charge in [-0.1, -0.05) is 0 Å². The third-order valence-corrected chi connectivity index (χ3v) is 4.65. The van der Waals surface area contributed by atoms with Crippen molar-refractivity contribution in [2.45, 2.75) is 57.5 Å². The van der Waals surface area contributed by atoms with Crippen LogP contribution in [0.1, 0.15) is 45.4 Å². The quantitative estimate of drug-likeness (QED) is 0.572. The molecule has 1 saturated heterocycles. The highest BCUT2D eigenvalue weighted by molar-refractivity contribution is 5.72. The van der Waals surface area contributed by atoms with Gasteiger partial charge >= 0.3 is 5.97 Å². The molecule has 5 nitrogen and oxygen atoms in total. The fraction of sp³-hybridized carbons (Fsp3) is 0.933. The first-order chi connectivity index (χ1) is 9.59. The van der Waals surface area contributed by atoms with E-state index in [1.165, 1.54) is 20.0 Å². The lowest BCUT2D eigenvalue weighted by atomic mass is 9.87. The highest BCUT2D eigenvalue weighted by atomic mass is 16.7. The number of ether oxygens (including phenoxy) is 3. The number of carbonyl (C=O) groups is 1. The summed E-state index contributed by atoms with van der Waals surface area (Å²) in [5.41, 5.74) is 0. The van der Waals surface area contributed by atoms with Crippen LogP contribution in [0, 0.1) is 5.92 Å². The van der Waals surface area contributed by atoms with Crippen molar-refractivity contribution < 1.29 is 19.0 Å². The number of methoxy groups -OCH3 is 2. The molecule has 0 bridgehead atoms. The second-order valence-electron chi connectivity index (χ2n) is 5.91. The Morgan fingerprint density at radius 2 is 1.70 bits per heavy atom. The fourth-order valence-corrected chi connectivity index (χ4v) is 3.27. The van der Waals surface area contributed by atoms with Crippen LogP contribution < -0.4 is 0 Å². The molecule has 0 aromatic rings. The van der Waals surface area contributed by atoms with E-state index in [1.54, 1.807) is 7.11 Å². The summed E-state index contributed by atoms with van der Waals surface area (Å²) in [6.45, 7) is 4.06. The van der Waals surface area contributed by atoms with Crippen LogP contribution in [0.15, 0.2) is 0 Å². The highest BCUT2D eigenvalue weighted by Gasteiger charge is 2.38. The summed E-state index contributed by atoms with van der Waals surface area (Å²) in [6, 6.07) is 0. The van der Waals surface area contributed by atoms with E-state index < -0.39 is 5.91 Å².